The lowest BCUT2D eigenvalue weighted by Crippen LogP contribution is -2.06. The normalized spacial score (nSPS) is 29.2. The van der Waals surface area contributed by atoms with Crippen molar-refractivity contribution in [1.82, 2.24) is 0 Å². The van der Waals surface area contributed by atoms with Gasteiger partial charge in [0.2, 0.25) is 0 Å². The van der Waals surface area contributed by atoms with Crippen LogP contribution in [0.2, 0.25) is 0 Å². The second-order valence-corrected chi connectivity index (χ2v) is 5.11. The first-order valence-electron chi connectivity index (χ1n) is 7.56. The van der Waals surface area contributed by atoms with Crippen molar-refractivity contribution in [2.75, 3.05) is 0 Å². The van der Waals surface area contributed by atoms with E-state index in [2.05, 4.69) is 48.4 Å². The summed E-state index contributed by atoms with van der Waals surface area (Å²) >= 11 is 0. The van der Waals surface area contributed by atoms with E-state index in [0.717, 1.165) is 38.5 Å². The van der Waals surface area contributed by atoms with Gasteiger partial charge in [0.1, 0.15) is 0 Å². The molecule has 1 heterocycles. The number of rotatable bonds is 4. The summed E-state index contributed by atoms with van der Waals surface area (Å²) in [5, 5.41) is 9.17. The van der Waals surface area contributed by atoms with Crippen LogP contribution in [0, 0.1) is 0 Å². The molecule has 2 atom stereocenters. The number of azo groups is 1. The zero-order valence-electron chi connectivity index (χ0n) is 12.0. The minimum atomic E-state index is 0.397. The third-order valence-electron chi connectivity index (χ3n) is 3.29. The molecule has 0 aromatic heterocycles. The third-order valence-corrected chi connectivity index (χ3v) is 3.29. The molecule has 0 saturated carbocycles. The molecule has 0 bridgehead atoms. The van der Waals surface area contributed by atoms with Gasteiger partial charge in [-0.1, -0.05) is 51.0 Å². The van der Waals surface area contributed by atoms with Gasteiger partial charge in [-0.3, -0.25) is 0 Å². The summed E-state index contributed by atoms with van der Waals surface area (Å²) in [7, 11) is 0. The summed E-state index contributed by atoms with van der Waals surface area (Å²) in [5.41, 5.74) is 0. The topological polar surface area (TPSA) is 24.7 Å². The summed E-state index contributed by atoms with van der Waals surface area (Å²) in [6.45, 7) is 4.45. The van der Waals surface area contributed by atoms with E-state index in [9.17, 15) is 0 Å². The minimum absolute atomic E-state index is 0.397. The number of allylic oxidation sites excluding steroid dienone is 2. The van der Waals surface area contributed by atoms with Crippen LogP contribution in [0.25, 0.3) is 0 Å². The highest BCUT2D eigenvalue weighted by Crippen LogP contribution is 2.14. The molecule has 102 valence electrons. The highest BCUT2D eigenvalue weighted by atomic mass is 15.1. The molecule has 0 radical (unpaired) electrons. The Balaban J connectivity index is 2.64. The molecule has 0 N–H and O–H groups in total. The molecule has 1 aliphatic heterocycles. The lowest BCUT2D eigenvalue weighted by molar-refractivity contribution is 0.519. The molecule has 1 aliphatic rings. The Labute approximate surface area is 112 Å². The van der Waals surface area contributed by atoms with Crippen molar-refractivity contribution < 1.29 is 0 Å². The van der Waals surface area contributed by atoms with Crippen LogP contribution < -0.4 is 0 Å². The van der Waals surface area contributed by atoms with Crippen LogP contribution in [0.1, 0.15) is 65.2 Å². The van der Waals surface area contributed by atoms with Crippen LogP contribution in [-0.2, 0) is 0 Å². The fourth-order valence-corrected chi connectivity index (χ4v) is 2.24. The fourth-order valence-electron chi connectivity index (χ4n) is 2.24. The molecule has 0 aromatic rings. The quantitative estimate of drug-likeness (QED) is 0.590. The van der Waals surface area contributed by atoms with Gasteiger partial charge in [-0.15, -0.1) is 0 Å². The van der Waals surface area contributed by atoms with Crippen molar-refractivity contribution in [1.29, 1.82) is 0 Å². The molecule has 1 rings (SSSR count). The monoisotopic (exact) mass is 248 g/mol. The second-order valence-electron chi connectivity index (χ2n) is 5.11. The van der Waals surface area contributed by atoms with Crippen molar-refractivity contribution in [3.63, 3.8) is 0 Å². The van der Waals surface area contributed by atoms with E-state index < -0.39 is 0 Å². The molecule has 0 saturated heterocycles. The smallest absolute Gasteiger partial charge is 0.0742 e. The zero-order chi connectivity index (χ0) is 13.1. The number of hydrogen-bond acceptors (Lipinski definition) is 2. The van der Waals surface area contributed by atoms with Crippen LogP contribution in [0.3, 0.4) is 0 Å². The summed E-state index contributed by atoms with van der Waals surface area (Å²) in [5.74, 6) is 0. The van der Waals surface area contributed by atoms with Crippen molar-refractivity contribution in [2.24, 2.45) is 10.2 Å². The number of hydrogen-bond donors (Lipinski definition) is 0. The molecule has 0 aromatic carbocycles. The Morgan fingerprint density at radius 1 is 0.778 bits per heavy atom. The first kappa shape index (κ1) is 15.1. The van der Waals surface area contributed by atoms with Crippen LogP contribution in [-0.4, -0.2) is 12.1 Å². The van der Waals surface area contributed by atoms with Crippen LogP contribution in [0.15, 0.2) is 34.5 Å². The molecule has 0 fully saturated rings. The minimum Gasteiger partial charge on any atom is -0.190 e. The largest absolute Gasteiger partial charge is 0.190 e. The molecule has 18 heavy (non-hydrogen) atoms. The SMILES string of the molecule is CCCC1C/C=C\CC/C=C\CC(CCC)N=N1. The van der Waals surface area contributed by atoms with Gasteiger partial charge < -0.3 is 0 Å². The fraction of sp³-hybridized carbons (Fsp3) is 0.750. The molecule has 0 aliphatic carbocycles. The molecule has 2 heteroatoms. The van der Waals surface area contributed by atoms with Crippen molar-refractivity contribution in [3.8, 4) is 0 Å². The maximum absolute atomic E-state index is 4.59. The van der Waals surface area contributed by atoms with Crippen LogP contribution in [0.4, 0.5) is 0 Å². The highest BCUT2D eigenvalue weighted by Gasteiger charge is 2.07. The first-order valence-corrected chi connectivity index (χ1v) is 7.56. The first-order chi connectivity index (χ1) is 8.86. The van der Waals surface area contributed by atoms with Gasteiger partial charge in [0.05, 0.1) is 12.1 Å². The Morgan fingerprint density at radius 2 is 1.22 bits per heavy atom. The van der Waals surface area contributed by atoms with Gasteiger partial charge in [0.25, 0.3) is 0 Å². The summed E-state index contributed by atoms with van der Waals surface area (Å²) in [6, 6.07) is 0.794. The summed E-state index contributed by atoms with van der Waals surface area (Å²) < 4.78 is 0. The van der Waals surface area contributed by atoms with E-state index in [4.69, 9.17) is 0 Å². The molecule has 0 spiro atoms. The van der Waals surface area contributed by atoms with Gasteiger partial charge in [-0.2, -0.15) is 10.2 Å². The highest BCUT2D eigenvalue weighted by molar-refractivity contribution is 4.92. The van der Waals surface area contributed by atoms with Crippen molar-refractivity contribution >= 4 is 0 Å². The maximum Gasteiger partial charge on any atom is 0.0742 e. The van der Waals surface area contributed by atoms with Gasteiger partial charge in [0, 0.05) is 0 Å². The average Bonchev–Trinajstić information content (AvgIpc) is 2.36. The van der Waals surface area contributed by atoms with Gasteiger partial charge in [-0.05, 0) is 38.5 Å². The van der Waals surface area contributed by atoms with Gasteiger partial charge in [0.15, 0.2) is 0 Å². The van der Waals surface area contributed by atoms with Crippen LogP contribution >= 0.6 is 0 Å². The molecule has 2 nitrogen and oxygen atoms in total. The Kier molecular flexibility index (Phi) is 8.45. The van der Waals surface area contributed by atoms with E-state index in [1.165, 1.54) is 12.8 Å². The van der Waals surface area contributed by atoms with Gasteiger partial charge in [-0.25, -0.2) is 0 Å². The van der Waals surface area contributed by atoms with E-state index in [0.29, 0.717) is 12.1 Å². The van der Waals surface area contributed by atoms with E-state index in [1.807, 2.05) is 0 Å². The number of nitrogens with zero attached hydrogens (tertiary/aromatic N) is 2. The molecular weight excluding hydrogens is 220 g/mol. The maximum atomic E-state index is 4.59. The predicted molar refractivity (Wildman–Crippen MR) is 79.0 cm³/mol. The van der Waals surface area contributed by atoms with Gasteiger partial charge >= 0.3 is 0 Å². The van der Waals surface area contributed by atoms with Crippen molar-refractivity contribution in [3.05, 3.63) is 24.3 Å². The lowest BCUT2D eigenvalue weighted by Gasteiger charge is -2.11. The Morgan fingerprint density at radius 3 is 1.61 bits per heavy atom. The average molecular weight is 248 g/mol. The second kappa shape index (κ2) is 10.0. The zero-order valence-corrected chi connectivity index (χ0v) is 12.0. The summed E-state index contributed by atoms with van der Waals surface area (Å²) in [4.78, 5) is 0. The van der Waals surface area contributed by atoms with E-state index in [-0.39, 0.29) is 0 Å². The standard InChI is InChI=1S/C16H28N2/c1-3-11-15-13-9-7-5-6-8-10-14-16(12-4-2)18-17-15/h7-10,15-16H,3-6,11-14H2,1-2H3/b9-7-,10-8-,18-17?. The van der Waals surface area contributed by atoms with Crippen LogP contribution in [0.5, 0.6) is 0 Å². The predicted octanol–water partition coefficient (Wildman–Crippen LogP) is 5.46. The van der Waals surface area contributed by atoms with E-state index >= 15 is 0 Å². The molecular formula is C16H28N2. The Bertz CT molecular complexity index is 251. The summed E-state index contributed by atoms with van der Waals surface area (Å²) in [6.07, 6.45) is 18.3. The third kappa shape index (κ3) is 6.73. The van der Waals surface area contributed by atoms with Crippen molar-refractivity contribution in [2.45, 2.75) is 77.3 Å². The lowest BCUT2D eigenvalue weighted by atomic mass is 10.1. The molecule has 0 amide bonds. The van der Waals surface area contributed by atoms with E-state index in [1.54, 1.807) is 0 Å². The Hall–Kier alpha value is -0.920. The molecule has 2 unspecified atom stereocenters.